The zero-order valence-corrected chi connectivity index (χ0v) is 28.8. The van der Waals surface area contributed by atoms with Crippen LogP contribution in [-0.2, 0) is 23.6 Å². The van der Waals surface area contributed by atoms with E-state index in [1.807, 2.05) is 0 Å². The largest absolute Gasteiger partial charge is 0.308 e. The molecule has 2 heterocycles. The zero-order valence-electron chi connectivity index (χ0n) is 25.4. The van der Waals surface area contributed by atoms with Crippen molar-refractivity contribution >= 4 is 84.6 Å². The highest BCUT2D eigenvalue weighted by molar-refractivity contribution is 8.27. The van der Waals surface area contributed by atoms with Gasteiger partial charge in [-0.15, -0.1) is 0 Å². The molecule has 0 fully saturated rings. The number of hydrogen-bond acceptors (Lipinski definition) is 3. The van der Waals surface area contributed by atoms with Gasteiger partial charge in [-0.1, -0.05) is 175 Å². The average molecular weight is 674 g/mol. The topological polar surface area (TPSA) is 3.24 Å². The Bertz CT molecular complexity index is 2240. The van der Waals surface area contributed by atoms with Crippen LogP contribution in [0.4, 0.5) is 17.1 Å². The van der Waals surface area contributed by atoms with Gasteiger partial charge in [-0.2, -0.15) is 0 Å². The second kappa shape index (κ2) is 11.1. The van der Waals surface area contributed by atoms with Gasteiger partial charge in [0.2, 0.25) is 0 Å². The molecule has 9 rings (SSSR count). The minimum Gasteiger partial charge on any atom is -0.308 e. The summed E-state index contributed by atoms with van der Waals surface area (Å²) in [5.74, 6) is 0. The Morgan fingerprint density at radius 3 is 1.13 bits per heavy atom. The molecule has 5 heteroatoms. The number of benzene rings is 7. The maximum atomic E-state index is 7.06. The van der Waals surface area contributed by atoms with Crippen molar-refractivity contribution in [2.24, 2.45) is 0 Å². The van der Waals surface area contributed by atoms with E-state index in [1.165, 1.54) is 59.8 Å². The van der Waals surface area contributed by atoms with E-state index in [0.29, 0.717) is 0 Å². The van der Waals surface area contributed by atoms with Crippen LogP contribution in [0.25, 0.3) is 22.3 Å². The van der Waals surface area contributed by atoms with E-state index in [1.54, 1.807) is 0 Å². The van der Waals surface area contributed by atoms with Crippen molar-refractivity contribution in [2.75, 3.05) is 4.90 Å². The van der Waals surface area contributed by atoms with E-state index in [-0.39, 0.29) is 0 Å². The fraction of sp³-hybridized carbons (Fsp3) is 0. The third-order valence-corrected chi connectivity index (χ3v) is 19.3. The number of rotatable bonds is 4. The van der Waals surface area contributed by atoms with Gasteiger partial charge in [0.15, 0.2) is 0 Å². The summed E-state index contributed by atoms with van der Waals surface area (Å²) in [6.45, 7) is 0. The molecule has 0 saturated heterocycles. The fourth-order valence-corrected chi connectivity index (χ4v) is 15.9. The second-order valence-corrected chi connectivity index (χ2v) is 20.7. The Morgan fingerprint density at radius 1 is 0.340 bits per heavy atom. The molecule has 2 aliphatic rings. The van der Waals surface area contributed by atoms with Crippen molar-refractivity contribution in [3.63, 3.8) is 0 Å². The summed E-state index contributed by atoms with van der Waals surface area (Å²) < 4.78 is 0. The number of para-hydroxylation sites is 1. The molecule has 0 aromatic heterocycles. The highest BCUT2D eigenvalue weighted by atomic mass is 32.4. The van der Waals surface area contributed by atoms with Gasteiger partial charge in [-0.3, -0.25) is 0 Å². The van der Waals surface area contributed by atoms with Gasteiger partial charge in [-0.05, 0) is 57.1 Å². The molecule has 7 aromatic rings. The molecule has 1 nitrogen and oxygen atoms in total. The third-order valence-electron chi connectivity index (χ3n) is 9.46. The van der Waals surface area contributed by atoms with Gasteiger partial charge in [0.05, 0.1) is 17.1 Å². The van der Waals surface area contributed by atoms with Crippen LogP contribution in [-0.4, -0.2) is 0 Å². The number of fused-ring (bicyclic) bond motifs is 4. The van der Waals surface area contributed by atoms with Gasteiger partial charge in [0.1, 0.15) is 0 Å². The van der Waals surface area contributed by atoms with Crippen molar-refractivity contribution in [1.82, 2.24) is 0 Å². The predicted molar refractivity (Wildman–Crippen MR) is 211 cm³/mol. The zero-order chi connectivity index (χ0) is 31.6. The highest BCUT2D eigenvalue weighted by Crippen LogP contribution is 2.61. The Morgan fingerprint density at radius 2 is 0.723 bits per heavy atom. The molecular formula is C42H29NP2S2. The Balaban J connectivity index is 1.40. The SMILES string of the molecule is S=P1(c2ccccc2)c2cc(-c3ccccc3)ccc2N2c3ccc(-c4ccccc4)cc3P(=S)(c3ccccc3)c3cccc1c32. The summed E-state index contributed by atoms with van der Waals surface area (Å²) >= 11 is 14.1. The predicted octanol–water partition coefficient (Wildman–Crippen LogP) is 8.63. The van der Waals surface area contributed by atoms with Crippen molar-refractivity contribution < 1.29 is 0 Å². The smallest absolute Gasteiger partial charge is 0.0643 e. The van der Waals surface area contributed by atoms with E-state index >= 15 is 0 Å². The van der Waals surface area contributed by atoms with Crippen molar-refractivity contribution in [1.29, 1.82) is 0 Å². The molecule has 0 N–H and O–H groups in total. The Hall–Kier alpha value is -4.36. The molecule has 2 aliphatic heterocycles. The molecule has 0 spiro atoms. The average Bonchev–Trinajstić information content (AvgIpc) is 3.15. The monoisotopic (exact) mass is 673 g/mol. The summed E-state index contributed by atoms with van der Waals surface area (Å²) in [6.07, 6.45) is 0. The summed E-state index contributed by atoms with van der Waals surface area (Å²) in [5, 5.41) is 7.28. The van der Waals surface area contributed by atoms with Crippen LogP contribution in [0, 0.1) is 0 Å². The molecule has 7 aromatic carbocycles. The lowest BCUT2D eigenvalue weighted by atomic mass is 10.0. The molecule has 0 amide bonds. The van der Waals surface area contributed by atoms with Crippen LogP contribution >= 0.6 is 12.1 Å². The lowest BCUT2D eigenvalue weighted by Crippen LogP contribution is -2.45. The van der Waals surface area contributed by atoms with Gasteiger partial charge < -0.3 is 4.90 Å². The van der Waals surface area contributed by atoms with Crippen molar-refractivity contribution in [3.05, 3.63) is 176 Å². The molecule has 47 heavy (non-hydrogen) atoms. The van der Waals surface area contributed by atoms with E-state index in [2.05, 4.69) is 181 Å². The molecule has 0 aliphatic carbocycles. The van der Waals surface area contributed by atoms with Crippen LogP contribution < -0.4 is 36.7 Å². The van der Waals surface area contributed by atoms with Gasteiger partial charge in [0.25, 0.3) is 0 Å². The molecular weight excluding hydrogens is 645 g/mol. The molecule has 0 bridgehead atoms. The van der Waals surface area contributed by atoms with E-state index in [4.69, 9.17) is 23.6 Å². The number of anilines is 3. The van der Waals surface area contributed by atoms with E-state index in [9.17, 15) is 0 Å². The first-order valence-corrected chi connectivity index (χ1v) is 21.3. The summed E-state index contributed by atoms with van der Waals surface area (Å²) in [5.41, 5.74) is 8.23. The van der Waals surface area contributed by atoms with Gasteiger partial charge >= 0.3 is 0 Å². The molecule has 2 atom stereocenters. The number of hydrogen-bond donors (Lipinski definition) is 0. The van der Waals surface area contributed by atoms with Crippen LogP contribution in [0.15, 0.2) is 176 Å². The minimum atomic E-state index is -2.49. The van der Waals surface area contributed by atoms with Gasteiger partial charge in [0, 0.05) is 33.3 Å². The molecule has 224 valence electrons. The van der Waals surface area contributed by atoms with Crippen molar-refractivity contribution in [2.45, 2.75) is 0 Å². The second-order valence-electron chi connectivity index (χ2n) is 12.0. The lowest BCUT2D eigenvalue weighted by Gasteiger charge is -2.47. The van der Waals surface area contributed by atoms with Crippen LogP contribution in [0.2, 0.25) is 0 Å². The standard InChI is InChI=1S/C42H29NP2S2/c46-44(34-18-9-3-10-19-34)38-22-13-23-39-42(38)43(36-26-24-32(28-40(36)44)30-14-5-1-6-15-30)37-27-25-33(31-16-7-2-8-17-31)29-41(37)45(39,47)35-20-11-4-12-21-35/h1-29H. The first kappa shape index (κ1) is 28.8. The van der Waals surface area contributed by atoms with Crippen LogP contribution in [0.1, 0.15) is 0 Å². The van der Waals surface area contributed by atoms with Gasteiger partial charge in [-0.25, -0.2) is 0 Å². The maximum Gasteiger partial charge on any atom is 0.0643 e. The lowest BCUT2D eigenvalue weighted by molar-refractivity contribution is 1.31. The molecule has 2 unspecified atom stereocenters. The molecule has 0 saturated carbocycles. The molecule has 0 radical (unpaired) electrons. The normalized spacial score (nSPS) is 18.9. The van der Waals surface area contributed by atoms with Crippen LogP contribution in [0.3, 0.4) is 0 Å². The summed E-state index contributed by atoms with van der Waals surface area (Å²) in [4.78, 5) is 2.49. The third kappa shape index (κ3) is 4.28. The number of nitrogens with zero attached hydrogens (tertiary/aromatic N) is 1. The maximum absolute atomic E-state index is 7.06. The minimum absolute atomic E-state index is 1.15. The highest BCUT2D eigenvalue weighted by Gasteiger charge is 2.46. The Kier molecular flexibility index (Phi) is 6.82. The fourth-order valence-electron chi connectivity index (χ4n) is 7.27. The van der Waals surface area contributed by atoms with Crippen molar-refractivity contribution in [3.8, 4) is 22.3 Å². The quantitative estimate of drug-likeness (QED) is 0.172. The summed E-state index contributed by atoms with van der Waals surface area (Å²) in [6, 6.07) is 58.5. The first-order valence-electron chi connectivity index (χ1n) is 15.7. The first-order chi connectivity index (χ1) is 23.1. The Labute approximate surface area is 286 Å². The van der Waals surface area contributed by atoms with E-state index < -0.39 is 12.1 Å². The summed E-state index contributed by atoms with van der Waals surface area (Å²) in [7, 11) is 0. The van der Waals surface area contributed by atoms with Crippen LogP contribution in [0.5, 0.6) is 0 Å². The van der Waals surface area contributed by atoms with E-state index in [0.717, 1.165) is 11.4 Å².